The smallest absolute Gasteiger partial charge is 0.319 e. The first-order valence-corrected chi connectivity index (χ1v) is 8.22. The zero-order chi connectivity index (χ0) is 15.5. The van der Waals surface area contributed by atoms with Crippen LogP contribution in [0.3, 0.4) is 0 Å². The monoisotopic (exact) mass is 296 g/mol. The first kappa shape index (κ1) is 16.1. The first-order chi connectivity index (χ1) is 9.98. The normalized spacial score (nSPS) is 26.9. The summed E-state index contributed by atoms with van der Waals surface area (Å²) in [5, 5.41) is 9.41. The molecule has 2 rings (SSSR count). The second-order valence-corrected chi connectivity index (χ2v) is 6.78. The number of rotatable bonds is 4. The molecule has 1 unspecified atom stereocenters. The van der Waals surface area contributed by atoms with Crippen molar-refractivity contribution in [2.45, 2.75) is 51.9 Å². The van der Waals surface area contributed by atoms with Gasteiger partial charge in [-0.1, -0.05) is 26.2 Å². The third kappa shape index (κ3) is 3.50. The number of carboxylic acids is 1. The third-order valence-electron chi connectivity index (χ3n) is 5.34. The Morgan fingerprint density at radius 3 is 2.48 bits per heavy atom. The molecule has 1 aliphatic carbocycles. The van der Waals surface area contributed by atoms with Crippen molar-refractivity contribution in [3.63, 3.8) is 0 Å². The van der Waals surface area contributed by atoms with Crippen LogP contribution in [-0.2, 0) is 4.79 Å². The number of hydrogen-bond donors (Lipinski definition) is 1. The van der Waals surface area contributed by atoms with Gasteiger partial charge in [0, 0.05) is 26.7 Å². The number of likely N-dealkylation sites (tertiary alicyclic amines) is 1. The maximum absolute atomic E-state index is 12.5. The molecule has 1 saturated carbocycles. The van der Waals surface area contributed by atoms with Gasteiger partial charge in [-0.3, -0.25) is 4.79 Å². The molecule has 0 aromatic heterocycles. The average Bonchev–Trinajstić information content (AvgIpc) is 2.93. The molecule has 2 amide bonds. The fourth-order valence-electron chi connectivity index (χ4n) is 3.73. The largest absolute Gasteiger partial charge is 0.481 e. The van der Waals surface area contributed by atoms with Gasteiger partial charge < -0.3 is 14.9 Å². The fraction of sp³-hybridized carbons (Fsp3) is 0.875. The molecule has 0 bridgehead atoms. The summed E-state index contributed by atoms with van der Waals surface area (Å²) in [5.41, 5.74) is -0.735. The van der Waals surface area contributed by atoms with Crippen molar-refractivity contribution >= 4 is 12.0 Å². The number of carbonyl (C=O) groups excluding carboxylic acids is 1. The van der Waals surface area contributed by atoms with Crippen molar-refractivity contribution in [1.82, 2.24) is 9.80 Å². The predicted octanol–water partition coefficient (Wildman–Crippen LogP) is 2.81. The van der Waals surface area contributed by atoms with E-state index in [2.05, 4.69) is 0 Å². The minimum absolute atomic E-state index is 0.00264. The second kappa shape index (κ2) is 6.67. The Morgan fingerprint density at radius 1 is 1.29 bits per heavy atom. The number of carbonyl (C=O) groups is 2. The lowest BCUT2D eigenvalue weighted by Crippen LogP contribution is -2.44. The van der Waals surface area contributed by atoms with Gasteiger partial charge in [0.1, 0.15) is 0 Å². The van der Waals surface area contributed by atoms with Crippen LogP contribution in [0.15, 0.2) is 0 Å². The van der Waals surface area contributed by atoms with Crippen LogP contribution < -0.4 is 0 Å². The molecule has 5 nitrogen and oxygen atoms in total. The van der Waals surface area contributed by atoms with Gasteiger partial charge in [0.05, 0.1) is 5.41 Å². The molecule has 2 fully saturated rings. The lowest BCUT2D eigenvalue weighted by atomic mass is 9.84. The van der Waals surface area contributed by atoms with Crippen LogP contribution in [0, 0.1) is 11.3 Å². The molecule has 0 aromatic rings. The van der Waals surface area contributed by atoms with E-state index in [9.17, 15) is 14.7 Å². The standard InChI is InChI=1S/C16H28N2O3/c1-3-16(14(19)20)9-10-18(12-16)15(21)17(2)11-13-7-5-4-6-8-13/h13H,3-12H2,1-2H3,(H,19,20). The van der Waals surface area contributed by atoms with E-state index in [1.54, 1.807) is 9.80 Å². The van der Waals surface area contributed by atoms with Gasteiger partial charge in [0.2, 0.25) is 0 Å². The Labute approximate surface area is 127 Å². The Kier molecular flexibility index (Phi) is 5.12. The molecule has 1 N–H and O–H groups in total. The van der Waals surface area contributed by atoms with Crippen molar-refractivity contribution < 1.29 is 14.7 Å². The predicted molar refractivity (Wildman–Crippen MR) is 81.2 cm³/mol. The Morgan fingerprint density at radius 2 is 1.95 bits per heavy atom. The summed E-state index contributed by atoms with van der Waals surface area (Å²) in [4.78, 5) is 27.5. The highest BCUT2D eigenvalue weighted by molar-refractivity contribution is 5.79. The van der Waals surface area contributed by atoms with E-state index < -0.39 is 11.4 Å². The van der Waals surface area contributed by atoms with Crippen molar-refractivity contribution in [2.75, 3.05) is 26.7 Å². The van der Waals surface area contributed by atoms with Gasteiger partial charge in [0.15, 0.2) is 0 Å². The molecule has 1 saturated heterocycles. The number of carboxylic acid groups (broad SMARTS) is 1. The molecule has 1 atom stereocenters. The van der Waals surface area contributed by atoms with Crippen LogP contribution in [0.2, 0.25) is 0 Å². The number of hydrogen-bond acceptors (Lipinski definition) is 2. The van der Waals surface area contributed by atoms with E-state index in [0.717, 1.165) is 6.54 Å². The molecule has 0 aromatic carbocycles. The van der Waals surface area contributed by atoms with Crippen LogP contribution in [0.4, 0.5) is 4.79 Å². The Balaban J connectivity index is 1.89. The van der Waals surface area contributed by atoms with E-state index in [1.807, 2.05) is 14.0 Å². The number of urea groups is 1. The summed E-state index contributed by atoms with van der Waals surface area (Å²) in [7, 11) is 1.85. The molecule has 120 valence electrons. The zero-order valence-electron chi connectivity index (χ0n) is 13.3. The quantitative estimate of drug-likeness (QED) is 0.867. The maximum Gasteiger partial charge on any atom is 0.319 e. The third-order valence-corrected chi connectivity index (χ3v) is 5.34. The average molecular weight is 296 g/mol. The summed E-state index contributed by atoms with van der Waals surface area (Å²) in [6, 6.07) is -0.00264. The molecule has 1 heterocycles. The summed E-state index contributed by atoms with van der Waals surface area (Å²) < 4.78 is 0. The molecule has 1 aliphatic heterocycles. The van der Waals surface area contributed by atoms with Crippen molar-refractivity contribution in [3.8, 4) is 0 Å². The minimum atomic E-state index is -0.768. The molecule has 2 aliphatic rings. The summed E-state index contributed by atoms with van der Waals surface area (Å²) in [6.07, 6.45) is 7.44. The minimum Gasteiger partial charge on any atom is -0.481 e. The van der Waals surface area contributed by atoms with Gasteiger partial charge >= 0.3 is 12.0 Å². The Hall–Kier alpha value is -1.26. The van der Waals surface area contributed by atoms with Crippen molar-refractivity contribution in [2.24, 2.45) is 11.3 Å². The lowest BCUT2D eigenvalue weighted by molar-refractivity contribution is -0.148. The van der Waals surface area contributed by atoms with E-state index in [0.29, 0.717) is 31.8 Å². The first-order valence-electron chi connectivity index (χ1n) is 8.22. The topological polar surface area (TPSA) is 60.9 Å². The molecule has 0 radical (unpaired) electrons. The highest BCUT2D eigenvalue weighted by Crippen LogP contribution is 2.34. The lowest BCUT2D eigenvalue weighted by Gasteiger charge is -2.30. The molecule has 0 spiro atoms. The van der Waals surface area contributed by atoms with E-state index >= 15 is 0 Å². The SMILES string of the molecule is CCC1(C(=O)O)CCN(C(=O)N(C)CC2CCCCC2)C1. The molecule has 21 heavy (non-hydrogen) atoms. The van der Waals surface area contributed by atoms with Crippen molar-refractivity contribution in [3.05, 3.63) is 0 Å². The van der Waals surface area contributed by atoms with Crippen LogP contribution in [0.5, 0.6) is 0 Å². The van der Waals surface area contributed by atoms with Crippen LogP contribution >= 0.6 is 0 Å². The van der Waals surface area contributed by atoms with Crippen LogP contribution in [0.25, 0.3) is 0 Å². The molecule has 5 heteroatoms. The maximum atomic E-state index is 12.5. The van der Waals surface area contributed by atoms with Gasteiger partial charge in [-0.2, -0.15) is 0 Å². The highest BCUT2D eigenvalue weighted by atomic mass is 16.4. The van der Waals surface area contributed by atoms with Crippen LogP contribution in [0.1, 0.15) is 51.9 Å². The molecular weight excluding hydrogens is 268 g/mol. The summed E-state index contributed by atoms with van der Waals surface area (Å²) in [6.45, 7) is 3.62. The van der Waals surface area contributed by atoms with Gasteiger partial charge in [0.25, 0.3) is 0 Å². The number of aliphatic carboxylic acids is 1. The molecular formula is C16H28N2O3. The van der Waals surface area contributed by atoms with Gasteiger partial charge in [-0.05, 0) is 31.6 Å². The number of nitrogens with zero attached hydrogens (tertiary/aromatic N) is 2. The second-order valence-electron chi connectivity index (χ2n) is 6.78. The number of amides is 2. The van der Waals surface area contributed by atoms with Gasteiger partial charge in [-0.25, -0.2) is 4.79 Å². The fourth-order valence-corrected chi connectivity index (χ4v) is 3.73. The van der Waals surface area contributed by atoms with Gasteiger partial charge in [-0.15, -0.1) is 0 Å². The van der Waals surface area contributed by atoms with E-state index in [4.69, 9.17) is 0 Å². The highest BCUT2D eigenvalue weighted by Gasteiger charge is 2.45. The van der Waals surface area contributed by atoms with Crippen molar-refractivity contribution in [1.29, 1.82) is 0 Å². The Bertz CT molecular complexity index is 393. The van der Waals surface area contributed by atoms with E-state index in [1.165, 1.54) is 32.1 Å². The van der Waals surface area contributed by atoms with Crippen LogP contribution in [-0.4, -0.2) is 53.6 Å². The summed E-state index contributed by atoms with van der Waals surface area (Å²) >= 11 is 0. The zero-order valence-corrected chi connectivity index (χ0v) is 13.3. The summed E-state index contributed by atoms with van der Waals surface area (Å²) in [5.74, 6) is -0.152. The van der Waals surface area contributed by atoms with E-state index in [-0.39, 0.29) is 6.03 Å².